The van der Waals surface area contributed by atoms with Gasteiger partial charge in [-0.25, -0.2) is 4.39 Å². The highest BCUT2D eigenvalue weighted by atomic mass is 32.2. The molecule has 0 saturated carbocycles. The van der Waals surface area contributed by atoms with Crippen molar-refractivity contribution >= 4 is 29.3 Å². The van der Waals surface area contributed by atoms with Crippen LogP contribution in [0.1, 0.15) is 11.1 Å². The van der Waals surface area contributed by atoms with Crippen molar-refractivity contribution in [3.63, 3.8) is 0 Å². The van der Waals surface area contributed by atoms with Crippen molar-refractivity contribution in [1.29, 1.82) is 0 Å². The summed E-state index contributed by atoms with van der Waals surface area (Å²) in [6, 6.07) is 12.1. The van der Waals surface area contributed by atoms with Gasteiger partial charge in [-0.05, 0) is 43.7 Å². The van der Waals surface area contributed by atoms with Gasteiger partial charge in [0.1, 0.15) is 5.82 Å². The second kappa shape index (κ2) is 9.89. The van der Waals surface area contributed by atoms with E-state index < -0.39 is 0 Å². The number of nitrogens with zero attached hydrogens (tertiary/aromatic N) is 2. The number of anilines is 1. The van der Waals surface area contributed by atoms with Gasteiger partial charge in [0.05, 0.1) is 12.3 Å². The molecule has 29 heavy (non-hydrogen) atoms. The Balaban J connectivity index is 1.41. The zero-order valence-electron chi connectivity index (χ0n) is 16.8. The summed E-state index contributed by atoms with van der Waals surface area (Å²) in [4.78, 5) is 29.7. The van der Waals surface area contributed by atoms with Gasteiger partial charge in [-0.2, -0.15) is 0 Å². The summed E-state index contributed by atoms with van der Waals surface area (Å²) in [6.07, 6.45) is 0. The molecule has 1 aliphatic rings. The Labute approximate surface area is 175 Å². The van der Waals surface area contributed by atoms with Crippen molar-refractivity contribution in [3.05, 3.63) is 59.4 Å². The Bertz CT molecular complexity index is 882. The number of aryl methyl sites for hydroxylation is 2. The van der Waals surface area contributed by atoms with E-state index in [-0.39, 0.29) is 24.2 Å². The lowest BCUT2D eigenvalue weighted by Gasteiger charge is -2.34. The normalized spacial score (nSPS) is 14.7. The molecule has 0 aliphatic carbocycles. The number of hydrogen-bond acceptors (Lipinski definition) is 4. The topological polar surface area (TPSA) is 52.7 Å². The van der Waals surface area contributed by atoms with Crippen LogP contribution < -0.4 is 5.32 Å². The lowest BCUT2D eigenvalue weighted by Crippen LogP contribution is -2.50. The zero-order chi connectivity index (χ0) is 20.8. The molecular weight excluding hydrogens is 389 g/mol. The number of halogens is 1. The molecule has 0 bridgehead atoms. The van der Waals surface area contributed by atoms with Crippen LogP contribution in [0.3, 0.4) is 0 Å². The lowest BCUT2D eigenvalue weighted by molar-refractivity contribution is -0.130. The summed E-state index contributed by atoms with van der Waals surface area (Å²) in [7, 11) is 0. The van der Waals surface area contributed by atoms with Gasteiger partial charge in [-0.15, -0.1) is 11.8 Å². The smallest absolute Gasteiger partial charge is 0.238 e. The van der Waals surface area contributed by atoms with E-state index in [1.54, 1.807) is 23.9 Å². The third-order valence-electron chi connectivity index (χ3n) is 4.88. The van der Waals surface area contributed by atoms with Crippen molar-refractivity contribution in [2.75, 3.05) is 43.8 Å². The molecule has 1 N–H and O–H groups in total. The molecule has 0 aromatic heterocycles. The quantitative estimate of drug-likeness (QED) is 0.736. The first-order chi connectivity index (χ1) is 13.9. The predicted molar refractivity (Wildman–Crippen MR) is 115 cm³/mol. The van der Waals surface area contributed by atoms with Crippen LogP contribution in [0.15, 0.2) is 47.4 Å². The molecular formula is C22H26FN3O2S. The molecule has 2 aromatic carbocycles. The number of carbonyl (C=O) groups is 2. The van der Waals surface area contributed by atoms with Crippen molar-refractivity contribution in [1.82, 2.24) is 9.80 Å². The number of thioether (sulfide) groups is 1. The van der Waals surface area contributed by atoms with E-state index in [9.17, 15) is 14.0 Å². The van der Waals surface area contributed by atoms with Crippen LogP contribution >= 0.6 is 11.8 Å². The van der Waals surface area contributed by atoms with E-state index in [4.69, 9.17) is 0 Å². The van der Waals surface area contributed by atoms with Crippen molar-refractivity contribution in [3.8, 4) is 0 Å². The maximum absolute atomic E-state index is 13.2. The summed E-state index contributed by atoms with van der Waals surface area (Å²) < 4.78 is 13.2. The maximum Gasteiger partial charge on any atom is 0.238 e. The third kappa shape index (κ3) is 6.30. The van der Waals surface area contributed by atoms with Gasteiger partial charge in [-0.3, -0.25) is 14.5 Å². The van der Waals surface area contributed by atoms with Gasteiger partial charge in [-0.1, -0.05) is 23.8 Å². The number of piperazine rings is 1. The van der Waals surface area contributed by atoms with E-state index in [0.29, 0.717) is 37.6 Å². The van der Waals surface area contributed by atoms with Crippen molar-refractivity contribution in [2.24, 2.45) is 0 Å². The highest BCUT2D eigenvalue weighted by Crippen LogP contribution is 2.23. The summed E-state index contributed by atoms with van der Waals surface area (Å²) in [5.74, 6) is -0.0162. The van der Waals surface area contributed by atoms with Crippen LogP contribution in [0.5, 0.6) is 0 Å². The fraction of sp³-hybridized carbons (Fsp3) is 0.364. The summed E-state index contributed by atoms with van der Waals surface area (Å²) in [5, 5.41) is 2.71. The molecule has 2 aromatic rings. The molecule has 1 saturated heterocycles. The van der Waals surface area contributed by atoms with Crippen LogP contribution in [0, 0.1) is 19.7 Å². The SMILES string of the molecule is Cc1ccc(SCC(=O)N2CCN(CC(=O)Nc3cccc(F)c3)CC2)c(C)c1. The minimum atomic E-state index is -0.381. The lowest BCUT2D eigenvalue weighted by atomic mass is 10.2. The van der Waals surface area contributed by atoms with Crippen molar-refractivity contribution < 1.29 is 14.0 Å². The molecule has 0 radical (unpaired) electrons. The molecule has 0 unspecified atom stereocenters. The zero-order valence-corrected chi connectivity index (χ0v) is 17.6. The Hall–Kier alpha value is -2.38. The van der Waals surface area contributed by atoms with Gasteiger partial charge >= 0.3 is 0 Å². The maximum atomic E-state index is 13.2. The first-order valence-corrected chi connectivity index (χ1v) is 10.6. The van der Waals surface area contributed by atoms with E-state index >= 15 is 0 Å². The van der Waals surface area contributed by atoms with Crippen LogP contribution in [0.4, 0.5) is 10.1 Å². The van der Waals surface area contributed by atoms with E-state index in [1.807, 2.05) is 9.80 Å². The Morgan fingerprint density at radius 1 is 1.07 bits per heavy atom. The van der Waals surface area contributed by atoms with E-state index in [2.05, 4.69) is 37.4 Å². The van der Waals surface area contributed by atoms with E-state index in [0.717, 1.165) is 4.90 Å². The minimum absolute atomic E-state index is 0.124. The second-order valence-corrected chi connectivity index (χ2v) is 8.29. The number of rotatable bonds is 6. The van der Waals surface area contributed by atoms with Crippen LogP contribution in [-0.2, 0) is 9.59 Å². The molecule has 0 spiro atoms. The number of carbonyl (C=O) groups excluding carboxylic acids is 2. The van der Waals surface area contributed by atoms with Crippen molar-refractivity contribution in [2.45, 2.75) is 18.7 Å². The van der Waals surface area contributed by atoms with Crippen LogP contribution in [0.2, 0.25) is 0 Å². The van der Waals surface area contributed by atoms with Gasteiger partial charge in [0.15, 0.2) is 0 Å². The fourth-order valence-electron chi connectivity index (χ4n) is 3.32. The largest absolute Gasteiger partial charge is 0.339 e. The number of amides is 2. The Morgan fingerprint density at radius 3 is 2.52 bits per heavy atom. The minimum Gasteiger partial charge on any atom is -0.339 e. The van der Waals surface area contributed by atoms with Gasteiger partial charge < -0.3 is 10.2 Å². The summed E-state index contributed by atoms with van der Waals surface area (Å²) in [6.45, 7) is 6.87. The second-order valence-electron chi connectivity index (χ2n) is 7.27. The van der Waals surface area contributed by atoms with Crippen LogP contribution in [0.25, 0.3) is 0 Å². The average molecular weight is 416 g/mol. The fourth-order valence-corrected chi connectivity index (χ4v) is 4.23. The Morgan fingerprint density at radius 2 is 1.83 bits per heavy atom. The monoisotopic (exact) mass is 415 g/mol. The Kier molecular flexibility index (Phi) is 7.28. The number of hydrogen-bond donors (Lipinski definition) is 1. The molecule has 0 atom stereocenters. The molecule has 2 amide bonds. The highest BCUT2D eigenvalue weighted by molar-refractivity contribution is 8.00. The average Bonchev–Trinajstić information content (AvgIpc) is 2.67. The summed E-state index contributed by atoms with van der Waals surface area (Å²) >= 11 is 1.57. The first kappa shape index (κ1) is 21.3. The van der Waals surface area contributed by atoms with Gasteiger partial charge in [0.25, 0.3) is 0 Å². The molecule has 7 heteroatoms. The van der Waals surface area contributed by atoms with Gasteiger partial charge in [0.2, 0.25) is 11.8 Å². The third-order valence-corrected chi connectivity index (χ3v) is 6.04. The molecule has 1 fully saturated rings. The van der Waals surface area contributed by atoms with Crippen LogP contribution in [-0.4, -0.2) is 60.1 Å². The van der Waals surface area contributed by atoms with Gasteiger partial charge in [0, 0.05) is 36.8 Å². The molecule has 1 aliphatic heterocycles. The molecule has 3 rings (SSSR count). The highest BCUT2D eigenvalue weighted by Gasteiger charge is 2.22. The number of benzene rings is 2. The standard InChI is InChI=1S/C22H26FN3O2S/c1-16-6-7-20(17(2)12-16)29-15-22(28)26-10-8-25(9-11-26)14-21(27)24-19-5-3-4-18(23)13-19/h3-7,12-13H,8-11,14-15H2,1-2H3,(H,24,27). The predicted octanol–water partition coefficient (Wildman–Crippen LogP) is 3.32. The molecule has 5 nitrogen and oxygen atoms in total. The summed E-state index contributed by atoms with van der Waals surface area (Å²) in [5.41, 5.74) is 2.86. The number of nitrogens with one attached hydrogen (secondary N) is 1. The van der Waals surface area contributed by atoms with E-state index in [1.165, 1.54) is 23.3 Å². The molecule has 1 heterocycles. The first-order valence-electron chi connectivity index (χ1n) is 9.66. The molecule has 154 valence electrons.